The summed E-state index contributed by atoms with van der Waals surface area (Å²) in [5.41, 5.74) is 6.67. The highest BCUT2D eigenvalue weighted by Gasteiger charge is 2.32. The molecule has 1 aromatic carbocycles. The molecule has 1 aliphatic carbocycles. The average molecular weight is 360 g/mol. The van der Waals surface area contributed by atoms with Crippen molar-refractivity contribution in [3.05, 3.63) is 27.7 Å². The molecule has 0 atom stereocenters. The average Bonchev–Trinajstić information content (AvgIpc) is 2.44. The first-order valence-corrected chi connectivity index (χ1v) is 8.17. The van der Waals surface area contributed by atoms with E-state index < -0.39 is 0 Å². The molecule has 3 N–H and O–H groups in total. The Morgan fingerprint density at radius 3 is 2.65 bits per heavy atom. The second-order valence-electron chi connectivity index (χ2n) is 5.62. The van der Waals surface area contributed by atoms with Gasteiger partial charge in [-0.05, 0) is 58.9 Å². The van der Waals surface area contributed by atoms with Gasteiger partial charge >= 0.3 is 0 Å². The van der Waals surface area contributed by atoms with E-state index in [1.807, 2.05) is 6.07 Å². The number of hydrogen-bond donors (Lipinski definition) is 2. The van der Waals surface area contributed by atoms with Gasteiger partial charge in [0.2, 0.25) is 5.91 Å². The van der Waals surface area contributed by atoms with Crippen LogP contribution in [0.4, 0.5) is 5.69 Å². The third kappa shape index (κ3) is 3.96. The summed E-state index contributed by atoms with van der Waals surface area (Å²) in [6.07, 6.45) is 6.23. The van der Waals surface area contributed by atoms with Gasteiger partial charge in [-0.1, -0.05) is 30.9 Å². The predicted molar refractivity (Wildman–Crippen MR) is 87.0 cm³/mol. The molecule has 110 valence electrons. The van der Waals surface area contributed by atoms with E-state index in [-0.39, 0.29) is 11.3 Å². The fourth-order valence-corrected chi connectivity index (χ4v) is 3.37. The van der Waals surface area contributed by atoms with Crippen LogP contribution in [-0.4, -0.2) is 12.5 Å². The van der Waals surface area contributed by atoms with E-state index in [1.54, 1.807) is 12.1 Å². The maximum Gasteiger partial charge on any atom is 0.224 e. The molecule has 3 nitrogen and oxygen atoms in total. The summed E-state index contributed by atoms with van der Waals surface area (Å²) in [6, 6.07) is 5.39. The second kappa shape index (κ2) is 6.92. The third-order valence-electron chi connectivity index (χ3n) is 4.09. The molecule has 1 aromatic rings. The number of carbonyl (C=O) groups excluding carboxylic acids is 1. The Hall–Kier alpha value is -0.580. The van der Waals surface area contributed by atoms with Gasteiger partial charge in [0, 0.05) is 16.6 Å². The van der Waals surface area contributed by atoms with Crippen LogP contribution < -0.4 is 11.1 Å². The molecule has 0 aromatic heterocycles. The highest BCUT2D eigenvalue weighted by molar-refractivity contribution is 9.10. The van der Waals surface area contributed by atoms with Crippen molar-refractivity contribution in [2.45, 2.75) is 38.5 Å². The lowest BCUT2D eigenvalue weighted by Crippen LogP contribution is -2.36. The molecular weight excluding hydrogens is 340 g/mol. The first kappa shape index (κ1) is 15.8. The molecule has 0 heterocycles. The molecule has 1 fully saturated rings. The zero-order chi connectivity index (χ0) is 14.6. The number of rotatable bonds is 4. The van der Waals surface area contributed by atoms with E-state index in [2.05, 4.69) is 21.2 Å². The van der Waals surface area contributed by atoms with Crippen molar-refractivity contribution >= 4 is 39.1 Å². The van der Waals surface area contributed by atoms with Gasteiger partial charge in [-0.15, -0.1) is 0 Å². The van der Waals surface area contributed by atoms with E-state index in [0.717, 1.165) is 23.0 Å². The van der Waals surface area contributed by atoms with E-state index in [1.165, 1.54) is 19.3 Å². The van der Waals surface area contributed by atoms with Crippen LogP contribution in [0.2, 0.25) is 5.02 Å². The molecule has 2 rings (SSSR count). The molecule has 1 amide bonds. The Kier molecular flexibility index (Phi) is 5.47. The molecular formula is C15H20BrClN2O. The Morgan fingerprint density at radius 2 is 2.05 bits per heavy atom. The summed E-state index contributed by atoms with van der Waals surface area (Å²) >= 11 is 9.30. The summed E-state index contributed by atoms with van der Waals surface area (Å²) < 4.78 is 0.781. The quantitative estimate of drug-likeness (QED) is 0.840. The van der Waals surface area contributed by atoms with Crippen LogP contribution >= 0.6 is 27.5 Å². The van der Waals surface area contributed by atoms with Crippen molar-refractivity contribution < 1.29 is 4.79 Å². The van der Waals surface area contributed by atoms with Crippen LogP contribution in [0.15, 0.2) is 22.7 Å². The number of anilines is 1. The normalized spacial score (nSPS) is 17.8. The lowest BCUT2D eigenvalue weighted by atomic mass is 9.71. The fourth-order valence-electron chi connectivity index (χ4n) is 2.87. The molecule has 0 unspecified atom stereocenters. The van der Waals surface area contributed by atoms with Gasteiger partial charge < -0.3 is 11.1 Å². The highest BCUT2D eigenvalue weighted by atomic mass is 79.9. The van der Waals surface area contributed by atoms with E-state index >= 15 is 0 Å². The van der Waals surface area contributed by atoms with Crippen LogP contribution in [0.5, 0.6) is 0 Å². The molecule has 1 saturated carbocycles. The number of hydrogen-bond acceptors (Lipinski definition) is 2. The fraction of sp³-hybridized carbons (Fsp3) is 0.533. The maximum absolute atomic E-state index is 12.2. The number of carbonyl (C=O) groups is 1. The number of halogens is 2. The van der Waals surface area contributed by atoms with Crippen LogP contribution in [0.25, 0.3) is 0 Å². The summed E-state index contributed by atoms with van der Waals surface area (Å²) in [4.78, 5) is 12.2. The zero-order valence-electron chi connectivity index (χ0n) is 11.4. The molecule has 20 heavy (non-hydrogen) atoms. The molecule has 1 aliphatic rings. The molecule has 0 radical (unpaired) electrons. The molecule has 0 bridgehead atoms. The monoisotopic (exact) mass is 358 g/mol. The van der Waals surface area contributed by atoms with Crippen LogP contribution in [0.3, 0.4) is 0 Å². The predicted octanol–water partition coefficient (Wildman–Crippen LogP) is 4.34. The van der Waals surface area contributed by atoms with Crippen molar-refractivity contribution in [1.29, 1.82) is 0 Å². The Morgan fingerprint density at radius 1 is 1.35 bits per heavy atom. The number of nitrogens with one attached hydrogen (secondary N) is 1. The lowest BCUT2D eigenvalue weighted by molar-refractivity contribution is -0.118. The van der Waals surface area contributed by atoms with Crippen molar-refractivity contribution in [3.63, 3.8) is 0 Å². The van der Waals surface area contributed by atoms with Crippen LogP contribution in [0, 0.1) is 5.41 Å². The molecule has 5 heteroatoms. The van der Waals surface area contributed by atoms with Gasteiger partial charge in [0.05, 0.1) is 5.02 Å². The van der Waals surface area contributed by atoms with E-state index in [4.69, 9.17) is 17.3 Å². The Labute approximate surface area is 133 Å². The molecule has 0 spiro atoms. The van der Waals surface area contributed by atoms with Crippen molar-refractivity contribution in [1.82, 2.24) is 0 Å². The topological polar surface area (TPSA) is 55.1 Å². The minimum atomic E-state index is -0.00795. The lowest BCUT2D eigenvalue weighted by Gasteiger charge is -2.35. The largest absolute Gasteiger partial charge is 0.330 e. The summed E-state index contributed by atoms with van der Waals surface area (Å²) in [5.74, 6) is 0.0339. The number of nitrogens with two attached hydrogens (primary N) is 1. The first-order chi connectivity index (χ1) is 9.54. The van der Waals surface area contributed by atoms with Crippen molar-refractivity contribution in [2.24, 2.45) is 11.1 Å². The van der Waals surface area contributed by atoms with Gasteiger partial charge in [0.1, 0.15) is 0 Å². The van der Waals surface area contributed by atoms with E-state index in [9.17, 15) is 4.79 Å². The van der Waals surface area contributed by atoms with E-state index in [0.29, 0.717) is 18.0 Å². The van der Waals surface area contributed by atoms with Crippen LogP contribution in [-0.2, 0) is 4.79 Å². The Bertz CT molecular complexity index is 487. The summed E-state index contributed by atoms with van der Waals surface area (Å²) in [6.45, 7) is 0.588. The van der Waals surface area contributed by atoms with Crippen molar-refractivity contribution in [3.8, 4) is 0 Å². The SMILES string of the molecule is NCC1(CC(=O)Nc2ccc(Cl)c(Br)c2)CCCCC1. The number of benzene rings is 1. The van der Waals surface area contributed by atoms with Crippen LogP contribution in [0.1, 0.15) is 38.5 Å². The smallest absolute Gasteiger partial charge is 0.224 e. The third-order valence-corrected chi connectivity index (χ3v) is 5.30. The first-order valence-electron chi connectivity index (χ1n) is 7.00. The minimum absolute atomic E-state index is 0.00795. The molecule has 0 aliphatic heterocycles. The van der Waals surface area contributed by atoms with Gasteiger partial charge in [0.25, 0.3) is 0 Å². The molecule has 0 saturated heterocycles. The van der Waals surface area contributed by atoms with Gasteiger partial charge in [-0.3, -0.25) is 4.79 Å². The second-order valence-corrected chi connectivity index (χ2v) is 6.88. The Balaban J connectivity index is 1.98. The zero-order valence-corrected chi connectivity index (χ0v) is 13.8. The number of amides is 1. The maximum atomic E-state index is 12.2. The van der Waals surface area contributed by atoms with Gasteiger partial charge in [-0.25, -0.2) is 0 Å². The standard InChI is InChI=1S/C15H20BrClN2O/c16-12-8-11(4-5-13(12)17)19-14(20)9-15(10-18)6-2-1-3-7-15/h4-5,8H,1-3,6-7,9-10,18H2,(H,19,20). The van der Waals surface area contributed by atoms with Gasteiger partial charge in [0.15, 0.2) is 0 Å². The summed E-state index contributed by atoms with van der Waals surface area (Å²) in [5, 5.41) is 3.57. The highest BCUT2D eigenvalue weighted by Crippen LogP contribution is 2.38. The minimum Gasteiger partial charge on any atom is -0.330 e. The summed E-state index contributed by atoms with van der Waals surface area (Å²) in [7, 11) is 0. The van der Waals surface area contributed by atoms with Gasteiger partial charge in [-0.2, -0.15) is 0 Å². The van der Waals surface area contributed by atoms with Crippen molar-refractivity contribution in [2.75, 3.05) is 11.9 Å².